The number of amides is 2. The van der Waals surface area contributed by atoms with Gasteiger partial charge in [0.05, 0.1) is 11.6 Å². The summed E-state index contributed by atoms with van der Waals surface area (Å²) < 4.78 is 0. The molecule has 2 amide bonds. The lowest BCUT2D eigenvalue weighted by Crippen LogP contribution is -2.17. The average molecular weight is 384 g/mol. The largest absolute Gasteiger partial charge is 0.322 e. The third-order valence-electron chi connectivity index (χ3n) is 4.03. The lowest BCUT2D eigenvalue weighted by atomic mass is 10.1. The van der Waals surface area contributed by atoms with Gasteiger partial charge >= 0.3 is 0 Å². The summed E-state index contributed by atoms with van der Waals surface area (Å²) in [5.41, 5.74) is 2.11. The predicted molar refractivity (Wildman–Crippen MR) is 108 cm³/mol. The first-order valence-corrected chi connectivity index (χ1v) is 8.66. The molecule has 0 unspecified atom stereocenters. The molecule has 3 rings (SSSR count). The highest BCUT2D eigenvalue weighted by Crippen LogP contribution is 2.14. The Kier molecular flexibility index (Phi) is 5.76. The number of pyridine rings is 1. The molecule has 0 saturated heterocycles. The SMILES string of the molecule is CC(=O)c1cccc(NC(=O)c2ccnc(C(=O)Nc3cccc(C#N)c3)c2)c1. The number of Topliss-reactive ketones (excluding diaryl/α,β-unsaturated/α-hetero) is 1. The molecule has 1 heterocycles. The van der Waals surface area contributed by atoms with Gasteiger partial charge in [-0.15, -0.1) is 0 Å². The first kappa shape index (κ1) is 19.5. The Labute approximate surface area is 167 Å². The third kappa shape index (κ3) is 4.90. The molecule has 0 aliphatic rings. The summed E-state index contributed by atoms with van der Waals surface area (Å²) in [6, 6.07) is 17.9. The summed E-state index contributed by atoms with van der Waals surface area (Å²) in [5.74, 6) is -1.05. The van der Waals surface area contributed by atoms with Gasteiger partial charge in [0.2, 0.25) is 0 Å². The Morgan fingerprint density at radius 2 is 1.55 bits per heavy atom. The fourth-order valence-electron chi connectivity index (χ4n) is 2.58. The number of ketones is 1. The Hall–Kier alpha value is -4.31. The molecule has 0 atom stereocenters. The molecule has 0 aliphatic carbocycles. The summed E-state index contributed by atoms with van der Waals surface area (Å²) in [5, 5.41) is 14.3. The molecule has 0 fully saturated rings. The number of carbonyl (C=O) groups is 3. The molecule has 0 saturated carbocycles. The van der Waals surface area contributed by atoms with E-state index in [2.05, 4.69) is 15.6 Å². The smallest absolute Gasteiger partial charge is 0.274 e. The zero-order chi connectivity index (χ0) is 20.8. The normalized spacial score (nSPS) is 9.93. The molecule has 142 valence electrons. The van der Waals surface area contributed by atoms with Crippen molar-refractivity contribution in [3.63, 3.8) is 0 Å². The van der Waals surface area contributed by atoms with Crippen LogP contribution in [0.15, 0.2) is 66.9 Å². The molecule has 2 aromatic carbocycles. The van der Waals surface area contributed by atoms with Crippen LogP contribution in [0.25, 0.3) is 0 Å². The van der Waals surface area contributed by atoms with Crippen molar-refractivity contribution < 1.29 is 14.4 Å². The number of benzene rings is 2. The van der Waals surface area contributed by atoms with Crippen LogP contribution in [-0.2, 0) is 0 Å². The summed E-state index contributed by atoms with van der Waals surface area (Å²) in [6.45, 7) is 1.45. The number of hydrogen-bond acceptors (Lipinski definition) is 5. The van der Waals surface area contributed by atoms with E-state index >= 15 is 0 Å². The van der Waals surface area contributed by atoms with E-state index in [9.17, 15) is 14.4 Å². The van der Waals surface area contributed by atoms with Crippen molar-refractivity contribution in [3.05, 3.63) is 89.2 Å². The van der Waals surface area contributed by atoms with Gasteiger partial charge in [0.25, 0.3) is 11.8 Å². The second-order valence-electron chi connectivity index (χ2n) is 6.17. The van der Waals surface area contributed by atoms with Crippen LogP contribution >= 0.6 is 0 Å². The second kappa shape index (κ2) is 8.59. The molecule has 3 aromatic rings. The van der Waals surface area contributed by atoms with Gasteiger partial charge in [0.1, 0.15) is 5.69 Å². The van der Waals surface area contributed by atoms with Crippen LogP contribution in [0.1, 0.15) is 43.7 Å². The Balaban J connectivity index is 1.75. The van der Waals surface area contributed by atoms with Gasteiger partial charge in [-0.1, -0.05) is 18.2 Å². The van der Waals surface area contributed by atoms with Crippen LogP contribution in [0, 0.1) is 11.3 Å². The third-order valence-corrected chi connectivity index (χ3v) is 4.03. The van der Waals surface area contributed by atoms with Crippen molar-refractivity contribution in [2.45, 2.75) is 6.92 Å². The van der Waals surface area contributed by atoms with E-state index in [4.69, 9.17) is 5.26 Å². The molecular formula is C22H16N4O3. The van der Waals surface area contributed by atoms with Crippen LogP contribution in [0.3, 0.4) is 0 Å². The van der Waals surface area contributed by atoms with Crippen LogP contribution in [0.4, 0.5) is 11.4 Å². The summed E-state index contributed by atoms with van der Waals surface area (Å²) in [6.07, 6.45) is 1.36. The van der Waals surface area contributed by atoms with Gasteiger partial charge < -0.3 is 10.6 Å². The van der Waals surface area contributed by atoms with Crippen molar-refractivity contribution in [2.24, 2.45) is 0 Å². The quantitative estimate of drug-likeness (QED) is 0.652. The van der Waals surface area contributed by atoms with E-state index in [1.807, 2.05) is 6.07 Å². The summed E-state index contributed by atoms with van der Waals surface area (Å²) in [4.78, 5) is 40.4. The first-order valence-electron chi connectivity index (χ1n) is 8.66. The number of nitriles is 1. The molecule has 2 N–H and O–H groups in total. The maximum absolute atomic E-state index is 12.5. The van der Waals surface area contributed by atoms with Gasteiger partial charge in [-0.25, -0.2) is 0 Å². The van der Waals surface area contributed by atoms with Gasteiger partial charge in [0.15, 0.2) is 5.78 Å². The number of aromatic nitrogens is 1. The molecule has 29 heavy (non-hydrogen) atoms. The number of anilines is 2. The molecule has 0 spiro atoms. The van der Waals surface area contributed by atoms with Crippen LogP contribution in [0.5, 0.6) is 0 Å². The minimum Gasteiger partial charge on any atom is -0.322 e. The number of nitrogens with one attached hydrogen (secondary N) is 2. The van der Waals surface area contributed by atoms with Crippen molar-refractivity contribution in [3.8, 4) is 6.07 Å². The van der Waals surface area contributed by atoms with Gasteiger partial charge in [-0.2, -0.15) is 5.26 Å². The average Bonchev–Trinajstić information content (AvgIpc) is 2.74. The minimum atomic E-state index is -0.506. The first-order chi connectivity index (χ1) is 14.0. The van der Waals surface area contributed by atoms with Crippen LogP contribution < -0.4 is 10.6 Å². The Morgan fingerprint density at radius 3 is 2.28 bits per heavy atom. The van der Waals surface area contributed by atoms with Crippen LogP contribution in [-0.4, -0.2) is 22.6 Å². The monoisotopic (exact) mass is 384 g/mol. The maximum Gasteiger partial charge on any atom is 0.274 e. The van der Waals surface area contributed by atoms with E-state index in [1.165, 1.54) is 31.3 Å². The van der Waals surface area contributed by atoms with Crippen LogP contribution in [0.2, 0.25) is 0 Å². The predicted octanol–water partition coefficient (Wildman–Crippen LogP) is 3.66. The standard InChI is InChI=1S/C22H16N4O3/c1-14(27)16-5-3-7-19(11-16)25-21(28)17-8-9-24-20(12-17)22(29)26-18-6-2-4-15(10-18)13-23/h2-12H,1H3,(H,25,28)(H,26,29). The van der Waals surface area contributed by atoms with Crippen molar-refractivity contribution in [1.29, 1.82) is 5.26 Å². The van der Waals surface area contributed by atoms with Gasteiger partial charge in [-0.05, 0) is 49.4 Å². The van der Waals surface area contributed by atoms with E-state index in [-0.39, 0.29) is 17.0 Å². The molecule has 0 radical (unpaired) electrons. The van der Waals surface area contributed by atoms with Crippen molar-refractivity contribution in [1.82, 2.24) is 4.98 Å². The number of carbonyl (C=O) groups excluding carboxylic acids is 3. The fraction of sp³-hybridized carbons (Fsp3) is 0.0455. The van der Waals surface area contributed by atoms with E-state index < -0.39 is 11.8 Å². The van der Waals surface area contributed by atoms with E-state index in [1.54, 1.807) is 42.5 Å². The molecule has 0 aliphatic heterocycles. The highest BCUT2D eigenvalue weighted by atomic mass is 16.2. The molecule has 1 aromatic heterocycles. The second-order valence-corrected chi connectivity index (χ2v) is 6.17. The summed E-state index contributed by atoms with van der Waals surface area (Å²) >= 11 is 0. The van der Waals surface area contributed by atoms with E-state index in [0.717, 1.165) is 0 Å². The van der Waals surface area contributed by atoms with E-state index in [0.29, 0.717) is 22.5 Å². The summed E-state index contributed by atoms with van der Waals surface area (Å²) in [7, 11) is 0. The van der Waals surface area contributed by atoms with Gasteiger partial charge in [0, 0.05) is 28.7 Å². The Morgan fingerprint density at radius 1 is 0.862 bits per heavy atom. The highest BCUT2D eigenvalue weighted by Gasteiger charge is 2.13. The fourth-order valence-corrected chi connectivity index (χ4v) is 2.58. The molecule has 0 bridgehead atoms. The molecule has 7 nitrogen and oxygen atoms in total. The zero-order valence-corrected chi connectivity index (χ0v) is 15.5. The molecular weight excluding hydrogens is 368 g/mol. The topological polar surface area (TPSA) is 112 Å². The maximum atomic E-state index is 12.5. The lowest BCUT2D eigenvalue weighted by molar-refractivity contribution is 0.100. The number of nitrogens with zero attached hydrogens (tertiary/aromatic N) is 2. The van der Waals surface area contributed by atoms with Crippen molar-refractivity contribution in [2.75, 3.05) is 10.6 Å². The number of hydrogen-bond donors (Lipinski definition) is 2. The lowest BCUT2D eigenvalue weighted by Gasteiger charge is -2.08. The van der Waals surface area contributed by atoms with Crippen molar-refractivity contribution >= 4 is 29.0 Å². The highest BCUT2D eigenvalue weighted by molar-refractivity contribution is 6.08. The zero-order valence-electron chi connectivity index (χ0n) is 15.5. The molecule has 7 heteroatoms. The van der Waals surface area contributed by atoms with Gasteiger partial charge in [-0.3, -0.25) is 19.4 Å². The minimum absolute atomic E-state index is 0.0532. The number of rotatable bonds is 5. The Bertz CT molecular complexity index is 1150.